The summed E-state index contributed by atoms with van der Waals surface area (Å²) in [6.45, 7) is 2.16. The molecule has 0 unspecified atom stereocenters. The van der Waals surface area contributed by atoms with Crippen LogP contribution in [0, 0.1) is 20.2 Å². The Morgan fingerprint density at radius 2 is 1.15 bits per heavy atom. The van der Waals surface area contributed by atoms with Gasteiger partial charge in [-0.2, -0.15) is 0 Å². The van der Waals surface area contributed by atoms with Gasteiger partial charge in [0.05, 0.1) is 15.4 Å². The van der Waals surface area contributed by atoms with E-state index in [4.69, 9.17) is 9.47 Å². The second kappa shape index (κ2) is 19.3. The van der Waals surface area contributed by atoms with Gasteiger partial charge < -0.3 is 9.47 Å². The second-order valence-corrected chi connectivity index (χ2v) is 10.3. The fourth-order valence-corrected chi connectivity index (χ4v) is 4.52. The van der Waals surface area contributed by atoms with E-state index in [2.05, 4.69) is 6.92 Å². The molecule has 0 heterocycles. The largest absolute Gasteiger partial charge is 0.459 e. The molecule has 41 heavy (non-hydrogen) atoms. The maximum Gasteiger partial charge on any atom is 0.338 e. The van der Waals surface area contributed by atoms with Crippen LogP contribution in [-0.4, -0.2) is 27.9 Å². The minimum atomic E-state index is -0.499. The molecule has 0 aliphatic heterocycles. The molecule has 0 aliphatic rings. The molecule has 0 aliphatic carbocycles. The van der Waals surface area contributed by atoms with E-state index in [-0.39, 0.29) is 23.4 Å². The van der Waals surface area contributed by atoms with E-state index in [9.17, 15) is 29.8 Å². The van der Waals surface area contributed by atoms with Gasteiger partial charge in [0.15, 0.2) is 0 Å². The van der Waals surface area contributed by atoms with Crippen molar-refractivity contribution >= 4 is 23.3 Å². The quantitative estimate of drug-likeness (QED) is 0.0478. The van der Waals surface area contributed by atoms with E-state index in [1.165, 1.54) is 48.5 Å². The Hall–Kier alpha value is -3.82. The molecule has 10 nitrogen and oxygen atoms in total. The summed E-state index contributed by atoms with van der Waals surface area (Å²) in [5, 5.41) is 21.5. The third kappa shape index (κ3) is 13.9. The lowest BCUT2D eigenvalue weighted by molar-refractivity contribution is -0.385. The number of nitro benzene ring substituents is 2. The van der Waals surface area contributed by atoms with Crippen LogP contribution in [-0.2, 0) is 9.53 Å². The van der Waals surface area contributed by atoms with Crippen molar-refractivity contribution in [3.8, 4) is 5.75 Å². The molecule has 0 amide bonds. The zero-order valence-corrected chi connectivity index (χ0v) is 24.0. The van der Waals surface area contributed by atoms with Crippen LogP contribution in [0.25, 0.3) is 0 Å². The molecule has 1 atom stereocenters. The Balaban J connectivity index is 1.59. The second-order valence-electron chi connectivity index (χ2n) is 10.3. The first-order valence-corrected chi connectivity index (χ1v) is 14.7. The highest BCUT2D eigenvalue weighted by Crippen LogP contribution is 2.20. The fraction of sp³-hybridized carbons (Fsp3) is 0.548. The van der Waals surface area contributed by atoms with E-state index >= 15 is 0 Å². The monoisotopic (exact) mass is 570 g/mol. The van der Waals surface area contributed by atoms with Crippen molar-refractivity contribution in [2.45, 2.75) is 109 Å². The minimum absolute atomic E-state index is 0.0462. The van der Waals surface area contributed by atoms with E-state index < -0.39 is 15.8 Å². The summed E-state index contributed by atoms with van der Waals surface area (Å²) in [4.78, 5) is 45.1. The lowest BCUT2D eigenvalue weighted by Gasteiger charge is -2.18. The summed E-state index contributed by atoms with van der Waals surface area (Å²) < 4.78 is 11.0. The molecule has 224 valence electrons. The fourth-order valence-electron chi connectivity index (χ4n) is 4.52. The molecule has 2 aromatic carbocycles. The van der Waals surface area contributed by atoms with Gasteiger partial charge in [0.25, 0.3) is 11.4 Å². The van der Waals surface area contributed by atoms with Crippen LogP contribution in [0.1, 0.15) is 114 Å². The number of unbranched alkanes of at least 4 members (excludes halogenated alkanes) is 10. The molecule has 0 saturated carbocycles. The molecule has 0 bridgehead atoms. The lowest BCUT2D eigenvalue weighted by atomic mass is 10.0. The van der Waals surface area contributed by atoms with E-state index in [1.807, 2.05) is 0 Å². The number of ether oxygens (including phenoxy) is 2. The summed E-state index contributed by atoms with van der Waals surface area (Å²) in [5.41, 5.74) is 0.226. The highest BCUT2D eigenvalue weighted by atomic mass is 16.6. The number of carbonyl (C=O) groups is 2. The van der Waals surface area contributed by atoms with Gasteiger partial charge >= 0.3 is 11.9 Å². The summed E-state index contributed by atoms with van der Waals surface area (Å²) in [5.74, 6) is -0.459. The Kier molecular flexibility index (Phi) is 15.7. The maximum absolute atomic E-state index is 12.6. The van der Waals surface area contributed by atoms with Gasteiger partial charge in [0, 0.05) is 30.7 Å². The first kappa shape index (κ1) is 33.4. The number of esters is 2. The number of hydrogen-bond acceptors (Lipinski definition) is 8. The zero-order valence-electron chi connectivity index (χ0n) is 24.0. The SMILES string of the molecule is CCCCCC[C@H](CCCCCCCCCCC(=O)Oc1ccc([N+](=O)[O-])cc1)OC(=O)c1ccc([N+](=O)[O-])cc1. The van der Waals surface area contributed by atoms with Crippen molar-refractivity contribution in [3.05, 3.63) is 74.3 Å². The average molecular weight is 571 g/mol. The molecule has 0 saturated heterocycles. The van der Waals surface area contributed by atoms with Gasteiger partial charge in [-0.15, -0.1) is 0 Å². The standard InChI is InChI=1S/C31H42N2O8/c1-2-3-4-11-14-28(41-31(35)25-17-19-26(20-18-25)32(36)37)15-12-9-7-5-6-8-10-13-16-30(34)40-29-23-21-27(22-24-29)33(38)39/h17-24,28H,2-16H2,1H3/t28-/m1/s1. The first-order chi connectivity index (χ1) is 19.8. The van der Waals surface area contributed by atoms with Crippen LogP contribution in [0.15, 0.2) is 48.5 Å². The number of nitrogens with zero attached hydrogens (tertiary/aromatic N) is 2. The molecule has 0 aromatic heterocycles. The minimum Gasteiger partial charge on any atom is -0.459 e. The van der Waals surface area contributed by atoms with E-state index in [1.54, 1.807) is 0 Å². The maximum atomic E-state index is 12.6. The topological polar surface area (TPSA) is 139 Å². The third-order valence-electron chi connectivity index (χ3n) is 6.90. The Morgan fingerprint density at radius 3 is 1.66 bits per heavy atom. The summed E-state index contributed by atoms with van der Waals surface area (Å²) in [6, 6.07) is 11.0. The third-order valence-corrected chi connectivity index (χ3v) is 6.90. The lowest BCUT2D eigenvalue weighted by Crippen LogP contribution is -2.18. The molecule has 2 rings (SSSR count). The van der Waals surface area contributed by atoms with Crippen LogP contribution < -0.4 is 4.74 Å². The van der Waals surface area contributed by atoms with Gasteiger partial charge in [0.2, 0.25) is 0 Å². The zero-order chi connectivity index (χ0) is 29.9. The summed E-state index contributed by atoms with van der Waals surface area (Å²) in [6.07, 6.45) is 14.3. The van der Waals surface area contributed by atoms with Crippen LogP contribution in [0.3, 0.4) is 0 Å². The van der Waals surface area contributed by atoms with Crippen molar-refractivity contribution < 1.29 is 28.9 Å². The van der Waals surface area contributed by atoms with Crippen molar-refractivity contribution in [1.29, 1.82) is 0 Å². The van der Waals surface area contributed by atoms with Gasteiger partial charge in [-0.25, -0.2) is 4.79 Å². The van der Waals surface area contributed by atoms with Gasteiger partial charge in [-0.05, 0) is 56.4 Å². The van der Waals surface area contributed by atoms with Crippen molar-refractivity contribution in [1.82, 2.24) is 0 Å². The Bertz CT molecular complexity index is 1090. The first-order valence-electron chi connectivity index (χ1n) is 14.7. The predicted octanol–water partition coefficient (Wildman–Crippen LogP) is 8.51. The molecule has 0 fully saturated rings. The molecule has 10 heteroatoms. The van der Waals surface area contributed by atoms with Gasteiger partial charge in [0.1, 0.15) is 11.9 Å². The number of rotatable bonds is 21. The molecule has 0 spiro atoms. The van der Waals surface area contributed by atoms with Crippen molar-refractivity contribution in [3.63, 3.8) is 0 Å². The molecular formula is C31H42N2O8. The van der Waals surface area contributed by atoms with E-state index in [0.29, 0.717) is 17.7 Å². The van der Waals surface area contributed by atoms with Crippen LogP contribution in [0.4, 0.5) is 11.4 Å². The van der Waals surface area contributed by atoms with Crippen molar-refractivity contribution in [2.75, 3.05) is 0 Å². The molecule has 0 radical (unpaired) electrons. The number of non-ortho nitro benzene ring substituents is 2. The van der Waals surface area contributed by atoms with E-state index in [0.717, 1.165) is 89.9 Å². The summed E-state index contributed by atoms with van der Waals surface area (Å²) in [7, 11) is 0. The molecule has 0 N–H and O–H groups in total. The Labute approximate surface area is 241 Å². The summed E-state index contributed by atoms with van der Waals surface area (Å²) >= 11 is 0. The number of carbonyl (C=O) groups excluding carboxylic acids is 2. The normalized spacial score (nSPS) is 11.5. The van der Waals surface area contributed by atoms with Crippen LogP contribution in [0.5, 0.6) is 5.75 Å². The Morgan fingerprint density at radius 1 is 0.683 bits per heavy atom. The van der Waals surface area contributed by atoms with Gasteiger partial charge in [-0.1, -0.05) is 64.7 Å². The average Bonchev–Trinajstić information content (AvgIpc) is 2.96. The number of benzene rings is 2. The highest BCUT2D eigenvalue weighted by Gasteiger charge is 2.17. The van der Waals surface area contributed by atoms with Crippen LogP contribution in [0.2, 0.25) is 0 Å². The van der Waals surface area contributed by atoms with Gasteiger partial charge in [-0.3, -0.25) is 25.0 Å². The smallest absolute Gasteiger partial charge is 0.338 e. The number of hydrogen-bond donors (Lipinski definition) is 0. The number of nitro groups is 2. The predicted molar refractivity (Wildman–Crippen MR) is 156 cm³/mol. The van der Waals surface area contributed by atoms with Crippen molar-refractivity contribution in [2.24, 2.45) is 0 Å². The molecular weight excluding hydrogens is 528 g/mol. The molecule has 2 aromatic rings. The highest BCUT2D eigenvalue weighted by molar-refractivity contribution is 5.89. The van der Waals surface area contributed by atoms with Crippen LogP contribution >= 0.6 is 0 Å².